The highest BCUT2D eigenvalue weighted by Crippen LogP contribution is 2.25. The summed E-state index contributed by atoms with van der Waals surface area (Å²) in [6.07, 6.45) is 7.29. The van der Waals surface area contributed by atoms with Gasteiger partial charge in [0, 0.05) is 25.0 Å². The highest BCUT2D eigenvalue weighted by molar-refractivity contribution is 5.76. The Bertz CT molecular complexity index is 265. The van der Waals surface area contributed by atoms with Crippen molar-refractivity contribution in [2.75, 3.05) is 19.7 Å². The number of hydrogen-bond acceptors (Lipinski definition) is 3. The molecule has 1 amide bonds. The first-order chi connectivity index (χ1) is 8.79. The van der Waals surface area contributed by atoms with Gasteiger partial charge in [-0.2, -0.15) is 0 Å². The summed E-state index contributed by atoms with van der Waals surface area (Å²) in [4.78, 5) is 11.9. The fourth-order valence-corrected chi connectivity index (χ4v) is 3.23. The van der Waals surface area contributed by atoms with Crippen molar-refractivity contribution >= 4 is 5.91 Å². The maximum Gasteiger partial charge on any atom is 0.220 e. The molecule has 2 fully saturated rings. The second kappa shape index (κ2) is 7.10. The van der Waals surface area contributed by atoms with Crippen LogP contribution in [0.1, 0.15) is 44.9 Å². The van der Waals surface area contributed by atoms with Crippen LogP contribution in [0.25, 0.3) is 0 Å². The largest absolute Gasteiger partial charge is 0.396 e. The van der Waals surface area contributed by atoms with E-state index in [1.165, 1.54) is 12.8 Å². The van der Waals surface area contributed by atoms with Crippen LogP contribution in [0.4, 0.5) is 0 Å². The summed E-state index contributed by atoms with van der Waals surface area (Å²) in [5.41, 5.74) is 0. The Labute approximate surface area is 110 Å². The molecule has 1 saturated heterocycles. The van der Waals surface area contributed by atoms with Crippen molar-refractivity contribution in [1.29, 1.82) is 0 Å². The average Bonchev–Trinajstić information content (AvgIpc) is 2.85. The Hall–Kier alpha value is -0.610. The van der Waals surface area contributed by atoms with E-state index in [9.17, 15) is 9.90 Å². The van der Waals surface area contributed by atoms with Gasteiger partial charge < -0.3 is 15.7 Å². The standard InChI is InChI=1S/C14H26N2O2/c17-10-12-2-1-3-13(12)16-14(18)5-4-11-6-8-15-9-7-11/h11-13,15,17H,1-10H2,(H,16,18). The van der Waals surface area contributed by atoms with Crippen LogP contribution in [0, 0.1) is 11.8 Å². The van der Waals surface area contributed by atoms with Crippen LogP contribution in [0.2, 0.25) is 0 Å². The average molecular weight is 254 g/mol. The molecule has 0 radical (unpaired) electrons. The van der Waals surface area contributed by atoms with Gasteiger partial charge in [0.25, 0.3) is 0 Å². The van der Waals surface area contributed by atoms with E-state index >= 15 is 0 Å². The van der Waals surface area contributed by atoms with Gasteiger partial charge in [0.05, 0.1) is 0 Å². The molecule has 104 valence electrons. The van der Waals surface area contributed by atoms with Crippen molar-refractivity contribution in [2.45, 2.75) is 51.0 Å². The zero-order valence-electron chi connectivity index (χ0n) is 11.2. The Morgan fingerprint density at radius 2 is 2.00 bits per heavy atom. The van der Waals surface area contributed by atoms with Gasteiger partial charge in [-0.15, -0.1) is 0 Å². The van der Waals surface area contributed by atoms with Gasteiger partial charge in [0.15, 0.2) is 0 Å². The summed E-state index contributed by atoms with van der Waals surface area (Å²) in [5, 5.41) is 15.7. The minimum atomic E-state index is 0.180. The smallest absolute Gasteiger partial charge is 0.220 e. The number of amides is 1. The Kier molecular flexibility index (Phi) is 5.45. The van der Waals surface area contributed by atoms with Gasteiger partial charge in [-0.3, -0.25) is 4.79 Å². The summed E-state index contributed by atoms with van der Waals surface area (Å²) < 4.78 is 0. The highest BCUT2D eigenvalue weighted by atomic mass is 16.3. The number of rotatable bonds is 5. The monoisotopic (exact) mass is 254 g/mol. The first kappa shape index (κ1) is 13.8. The molecule has 1 heterocycles. The van der Waals surface area contributed by atoms with Crippen LogP contribution in [-0.2, 0) is 4.79 Å². The van der Waals surface area contributed by atoms with E-state index < -0.39 is 0 Å². The Morgan fingerprint density at radius 3 is 2.72 bits per heavy atom. The van der Waals surface area contributed by atoms with Crippen LogP contribution < -0.4 is 10.6 Å². The quantitative estimate of drug-likeness (QED) is 0.687. The van der Waals surface area contributed by atoms with E-state index in [0.717, 1.165) is 38.8 Å². The number of carbonyl (C=O) groups excluding carboxylic acids is 1. The second-order valence-electron chi connectivity index (χ2n) is 5.78. The normalized spacial score (nSPS) is 29.4. The molecule has 0 bridgehead atoms. The third-order valence-electron chi connectivity index (χ3n) is 4.48. The molecule has 2 unspecified atom stereocenters. The third kappa shape index (κ3) is 3.95. The first-order valence-electron chi connectivity index (χ1n) is 7.40. The molecule has 0 aromatic heterocycles. The van der Waals surface area contributed by atoms with Gasteiger partial charge in [-0.25, -0.2) is 0 Å². The highest BCUT2D eigenvalue weighted by Gasteiger charge is 2.27. The molecule has 2 atom stereocenters. The van der Waals surface area contributed by atoms with Crippen LogP contribution in [-0.4, -0.2) is 36.8 Å². The zero-order valence-corrected chi connectivity index (χ0v) is 11.2. The Morgan fingerprint density at radius 1 is 1.22 bits per heavy atom. The van der Waals surface area contributed by atoms with Gasteiger partial charge >= 0.3 is 0 Å². The lowest BCUT2D eigenvalue weighted by Crippen LogP contribution is -2.38. The van der Waals surface area contributed by atoms with E-state index in [1.807, 2.05) is 0 Å². The van der Waals surface area contributed by atoms with Crippen molar-refractivity contribution in [2.24, 2.45) is 11.8 Å². The lowest BCUT2D eigenvalue weighted by molar-refractivity contribution is -0.122. The third-order valence-corrected chi connectivity index (χ3v) is 4.48. The summed E-state index contributed by atoms with van der Waals surface area (Å²) in [7, 11) is 0. The molecule has 0 spiro atoms. The van der Waals surface area contributed by atoms with Crippen molar-refractivity contribution < 1.29 is 9.90 Å². The van der Waals surface area contributed by atoms with Crippen LogP contribution in [0.15, 0.2) is 0 Å². The van der Waals surface area contributed by atoms with Gasteiger partial charge in [0.2, 0.25) is 5.91 Å². The fourth-order valence-electron chi connectivity index (χ4n) is 3.23. The minimum Gasteiger partial charge on any atom is -0.396 e. The summed E-state index contributed by atoms with van der Waals surface area (Å²) in [5.74, 6) is 1.18. The van der Waals surface area contributed by atoms with Crippen LogP contribution in [0.5, 0.6) is 0 Å². The molecule has 18 heavy (non-hydrogen) atoms. The molecule has 2 rings (SSSR count). The summed E-state index contributed by atoms with van der Waals surface area (Å²) >= 11 is 0. The van der Waals surface area contributed by atoms with Crippen molar-refractivity contribution in [3.8, 4) is 0 Å². The van der Waals surface area contributed by atoms with Gasteiger partial charge in [-0.1, -0.05) is 6.42 Å². The number of hydrogen-bond donors (Lipinski definition) is 3. The van der Waals surface area contributed by atoms with E-state index in [0.29, 0.717) is 12.3 Å². The summed E-state index contributed by atoms with van der Waals surface area (Å²) in [6.45, 7) is 2.40. The number of piperidine rings is 1. The number of carbonyl (C=O) groups is 1. The predicted octanol–water partition coefficient (Wildman–Crippen LogP) is 1.04. The molecule has 1 aliphatic carbocycles. The predicted molar refractivity (Wildman–Crippen MR) is 71.2 cm³/mol. The maximum absolute atomic E-state index is 11.9. The van der Waals surface area contributed by atoms with Crippen LogP contribution in [0.3, 0.4) is 0 Å². The van der Waals surface area contributed by atoms with Crippen molar-refractivity contribution in [3.63, 3.8) is 0 Å². The van der Waals surface area contributed by atoms with Crippen molar-refractivity contribution in [1.82, 2.24) is 10.6 Å². The van der Waals surface area contributed by atoms with Crippen molar-refractivity contribution in [3.05, 3.63) is 0 Å². The lowest BCUT2D eigenvalue weighted by Gasteiger charge is -2.23. The van der Waals surface area contributed by atoms with Gasteiger partial charge in [-0.05, 0) is 51.1 Å². The lowest BCUT2D eigenvalue weighted by atomic mass is 9.93. The maximum atomic E-state index is 11.9. The minimum absolute atomic E-state index is 0.180. The van der Waals surface area contributed by atoms with Gasteiger partial charge in [0.1, 0.15) is 0 Å². The molecular formula is C14H26N2O2. The van der Waals surface area contributed by atoms with E-state index in [4.69, 9.17) is 0 Å². The Balaban J connectivity index is 1.65. The molecule has 2 aliphatic rings. The van der Waals surface area contributed by atoms with E-state index in [2.05, 4.69) is 10.6 Å². The van der Waals surface area contributed by atoms with E-state index in [1.54, 1.807) is 0 Å². The second-order valence-corrected chi connectivity index (χ2v) is 5.78. The molecule has 4 heteroatoms. The first-order valence-corrected chi connectivity index (χ1v) is 7.40. The number of aliphatic hydroxyl groups excluding tert-OH is 1. The SMILES string of the molecule is O=C(CCC1CCNCC1)NC1CCCC1CO. The molecule has 0 aromatic carbocycles. The molecular weight excluding hydrogens is 228 g/mol. The van der Waals surface area contributed by atoms with E-state index in [-0.39, 0.29) is 24.5 Å². The number of aliphatic hydroxyl groups is 1. The fraction of sp³-hybridized carbons (Fsp3) is 0.929. The topological polar surface area (TPSA) is 61.4 Å². The molecule has 1 saturated carbocycles. The summed E-state index contributed by atoms with van der Waals surface area (Å²) in [6, 6.07) is 0.218. The molecule has 4 nitrogen and oxygen atoms in total. The molecule has 0 aromatic rings. The zero-order chi connectivity index (χ0) is 12.8. The molecule has 1 aliphatic heterocycles. The number of nitrogens with one attached hydrogen (secondary N) is 2. The van der Waals surface area contributed by atoms with Crippen LogP contribution >= 0.6 is 0 Å². The molecule has 3 N–H and O–H groups in total.